The fourth-order valence-electron chi connectivity index (χ4n) is 5.76. The van der Waals surface area contributed by atoms with Crippen molar-refractivity contribution in [2.24, 2.45) is 0 Å². The van der Waals surface area contributed by atoms with Crippen molar-refractivity contribution in [3.8, 4) is 22.8 Å². The molecule has 7 heterocycles. The Morgan fingerprint density at radius 1 is 0.953 bits per heavy atom. The van der Waals surface area contributed by atoms with Crippen LogP contribution in [0.25, 0.3) is 38.2 Å². The number of ether oxygens (including phenoxy) is 3. The topological polar surface area (TPSA) is 107 Å². The van der Waals surface area contributed by atoms with Crippen molar-refractivity contribution in [1.29, 1.82) is 0 Å². The van der Waals surface area contributed by atoms with E-state index in [2.05, 4.69) is 25.8 Å². The van der Waals surface area contributed by atoms with Crippen LogP contribution >= 0.6 is 11.3 Å². The molecule has 7 rings (SSSR count). The molecule has 0 amide bonds. The summed E-state index contributed by atoms with van der Waals surface area (Å²) in [6, 6.07) is 6.00. The number of aromatic nitrogens is 6. The Bertz CT molecular complexity index is 1740. The van der Waals surface area contributed by atoms with Gasteiger partial charge in [-0.05, 0) is 19.1 Å². The van der Waals surface area contributed by atoms with E-state index < -0.39 is 0 Å². The lowest BCUT2D eigenvalue weighted by Crippen LogP contribution is -2.47. The van der Waals surface area contributed by atoms with Gasteiger partial charge in [0, 0.05) is 82.5 Å². The number of aryl methyl sites for hydroxylation is 1. The van der Waals surface area contributed by atoms with Crippen molar-refractivity contribution in [2.45, 2.75) is 6.92 Å². The minimum Gasteiger partial charge on any atom is -0.496 e. The van der Waals surface area contributed by atoms with Crippen molar-refractivity contribution in [1.82, 2.24) is 34.6 Å². The van der Waals surface area contributed by atoms with E-state index in [9.17, 15) is 0 Å². The third-order valence-corrected chi connectivity index (χ3v) is 9.21. The van der Waals surface area contributed by atoms with E-state index >= 15 is 0 Å². The smallest absolute Gasteiger partial charge is 0.186 e. The molecule has 2 aliphatic heterocycles. The van der Waals surface area contributed by atoms with Gasteiger partial charge in [0.2, 0.25) is 0 Å². The summed E-state index contributed by atoms with van der Waals surface area (Å²) in [5.41, 5.74) is 4.34. The summed E-state index contributed by atoms with van der Waals surface area (Å²) in [6.45, 7) is 10.5. The van der Waals surface area contributed by atoms with Gasteiger partial charge in [-0.2, -0.15) is 5.10 Å². The highest BCUT2D eigenvalue weighted by molar-refractivity contribution is 7.22. The minimum atomic E-state index is 0.666. The number of methoxy groups -OCH3 is 2. The number of rotatable bonds is 8. The molecule has 2 fully saturated rings. The van der Waals surface area contributed by atoms with Gasteiger partial charge in [0.05, 0.1) is 54.6 Å². The molecule has 5 aromatic rings. The number of pyridine rings is 3. The summed E-state index contributed by atoms with van der Waals surface area (Å²) in [4.78, 5) is 26.7. The Kier molecular flexibility index (Phi) is 7.78. The van der Waals surface area contributed by atoms with E-state index in [0.717, 1.165) is 113 Å². The van der Waals surface area contributed by atoms with Crippen molar-refractivity contribution < 1.29 is 14.2 Å². The molecule has 0 aromatic carbocycles. The summed E-state index contributed by atoms with van der Waals surface area (Å²) >= 11 is 1.72. The Morgan fingerprint density at radius 2 is 1.79 bits per heavy atom. The van der Waals surface area contributed by atoms with Gasteiger partial charge < -0.3 is 24.0 Å². The van der Waals surface area contributed by atoms with Gasteiger partial charge in [-0.25, -0.2) is 14.6 Å². The van der Waals surface area contributed by atoms with Crippen LogP contribution in [-0.4, -0.2) is 114 Å². The molecule has 43 heavy (non-hydrogen) atoms. The quantitative estimate of drug-likeness (QED) is 0.261. The average molecular weight is 602 g/mol. The van der Waals surface area contributed by atoms with E-state index in [1.165, 1.54) is 0 Å². The molecule has 2 aliphatic rings. The number of fused-ring (bicyclic) bond motifs is 2. The van der Waals surface area contributed by atoms with Crippen LogP contribution in [0.1, 0.15) is 5.69 Å². The van der Waals surface area contributed by atoms with Gasteiger partial charge >= 0.3 is 0 Å². The number of nitrogens with zero attached hydrogens (tertiary/aromatic N) is 9. The molecule has 0 unspecified atom stereocenters. The van der Waals surface area contributed by atoms with E-state index in [0.29, 0.717) is 13.2 Å². The molecule has 0 aliphatic carbocycles. The van der Waals surface area contributed by atoms with Crippen LogP contribution in [0.4, 0.5) is 10.9 Å². The zero-order valence-electron chi connectivity index (χ0n) is 24.7. The van der Waals surface area contributed by atoms with Crippen molar-refractivity contribution in [3.05, 3.63) is 42.5 Å². The third kappa shape index (κ3) is 5.37. The summed E-state index contributed by atoms with van der Waals surface area (Å²) in [5, 5.41) is 6.81. The highest BCUT2D eigenvalue weighted by Crippen LogP contribution is 2.37. The molecule has 13 heteroatoms. The van der Waals surface area contributed by atoms with Gasteiger partial charge in [0.25, 0.3) is 0 Å². The second-order valence-corrected chi connectivity index (χ2v) is 11.7. The predicted octanol–water partition coefficient (Wildman–Crippen LogP) is 3.41. The molecule has 0 saturated carbocycles. The van der Waals surface area contributed by atoms with Gasteiger partial charge in [-0.1, -0.05) is 11.3 Å². The normalized spacial score (nSPS) is 16.4. The maximum atomic E-state index is 5.67. The van der Waals surface area contributed by atoms with Crippen LogP contribution < -0.4 is 14.5 Å². The number of morpholine rings is 1. The molecule has 5 aromatic heterocycles. The summed E-state index contributed by atoms with van der Waals surface area (Å²) in [7, 11) is 3.41. The molecule has 0 spiro atoms. The molecule has 2 saturated heterocycles. The van der Waals surface area contributed by atoms with Crippen molar-refractivity contribution in [2.75, 3.05) is 89.7 Å². The second kappa shape index (κ2) is 12.0. The van der Waals surface area contributed by atoms with Gasteiger partial charge in [0.1, 0.15) is 11.3 Å². The van der Waals surface area contributed by atoms with Crippen LogP contribution in [-0.2, 0) is 9.47 Å². The molecule has 0 bridgehead atoms. The first kappa shape index (κ1) is 27.9. The van der Waals surface area contributed by atoms with Gasteiger partial charge in [0.15, 0.2) is 16.8 Å². The largest absolute Gasteiger partial charge is 0.496 e. The van der Waals surface area contributed by atoms with Crippen LogP contribution in [0.15, 0.2) is 36.8 Å². The molecule has 224 valence electrons. The van der Waals surface area contributed by atoms with Gasteiger partial charge in [-0.15, -0.1) is 0 Å². The number of anilines is 2. The molecule has 0 N–H and O–H groups in total. The average Bonchev–Trinajstić information content (AvgIpc) is 3.69. The zero-order valence-corrected chi connectivity index (χ0v) is 25.5. The number of thiazole rings is 1. The summed E-state index contributed by atoms with van der Waals surface area (Å²) in [5.74, 6) is 2.34. The Balaban J connectivity index is 1.30. The van der Waals surface area contributed by atoms with Crippen LogP contribution in [0, 0.1) is 6.92 Å². The molecule has 0 atom stereocenters. The second-order valence-electron chi connectivity index (χ2n) is 10.7. The molecular formula is C30H35N9O3S. The van der Waals surface area contributed by atoms with Crippen LogP contribution in [0.2, 0.25) is 0 Å². The highest BCUT2D eigenvalue weighted by atomic mass is 32.1. The van der Waals surface area contributed by atoms with Crippen molar-refractivity contribution in [3.63, 3.8) is 0 Å². The molecule has 0 radical (unpaired) electrons. The molecular weight excluding hydrogens is 566 g/mol. The first-order chi connectivity index (χ1) is 21.1. The number of hydrogen-bond donors (Lipinski definition) is 0. The number of hydrogen-bond acceptors (Lipinski definition) is 12. The monoisotopic (exact) mass is 601 g/mol. The zero-order chi connectivity index (χ0) is 29.3. The highest BCUT2D eigenvalue weighted by Gasteiger charge is 2.25. The van der Waals surface area contributed by atoms with Gasteiger partial charge in [-0.3, -0.25) is 14.9 Å². The lowest BCUT2D eigenvalue weighted by Gasteiger charge is -2.34. The van der Waals surface area contributed by atoms with E-state index in [-0.39, 0.29) is 0 Å². The Morgan fingerprint density at radius 3 is 2.58 bits per heavy atom. The number of piperazine rings is 1. The first-order valence-corrected chi connectivity index (χ1v) is 15.4. The van der Waals surface area contributed by atoms with E-state index in [1.54, 1.807) is 38.0 Å². The van der Waals surface area contributed by atoms with E-state index in [4.69, 9.17) is 34.3 Å². The standard InChI is InChI=1S/C30H35N9O3S/c1-20-21-19-32-39(24(21)16-23(33-20)22-18-31-5-4-25(22)41-3)27-17-26-28(29(34-27)37-11-14-42-15-12-37)35-30(43-26)38-8-6-36(7-9-38)10-13-40-2/h4-5,16-19H,6-15H2,1-3H3. The Labute approximate surface area is 253 Å². The maximum Gasteiger partial charge on any atom is 0.186 e. The van der Waals surface area contributed by atoms with Crippen molar-refractivity contribution >= 4 is 43.4 Å². The van der Waals surface area contributed by atoms with E-state index in [1.807, 2.05) is 29.9 Å². The fraction of sp³-hybridized carbons (Fsp3) is 0.433. The lowest BCUT2D eigenvalue weighted by atomic mass is 10.1. The summed E-state index contributed by atoms with van der Waals surface area (Å²) in [6.07, 6.45) is 5.36. The third-order valence-electron chi connectivity index (χ3n) is 8.15. The van der Waals surface area contributed by atoms with Crippen LogP contribution in [0.3, 0.4) is 0 Å². The first-order valence-electron chi connectivity index (χ1n) is 14.6. The fourth-order valence-corrected chi connectivity index (χ4v) is 6.81. The summed E-state index contributed by atoms with van der Waals surface area (Å²) < 4.78 is 19.6. The minimum absolute atomic E-state index is 0.666. The maximum absolute atomic E-state index is 5.67. The SMILES string of the molecule is COCCN1CCN(c2nc3c(N4CCOCC4)nc(-n4ncc5c(C)nc(-c6cnccc6OC)cc54)cc3s2)CC1. The van der Waals surface area contributed by atoms with Crippen LogP contribution in [0.5, 0.6) is 5.75 Å². The molecule has 12 nitrogen and oxygen atoms in total. The Hall–Kier alpha value is -3.91. The lowest BCUT2D eigenvalue weighted by molar-refractivity contribution is 0.122. The predicted molar refractivity (Wildman–Crippen MR) is 168 cm³/mol.